The Balaban J connectivity index is 1.47. The van der Waals surface area contributed by atoms with Crippen LogP contribution in [0.2, 0.25) is 0 Å². The van der Waals surface area contributed by atoms with Crippen LogP contribution in [0.15, 0.2) is 18.3 Å². The fourth-order valence-corrected chi connectivity index (χ4v) is 5.33. The third-order valence-corrected chi connectivity index (χ3v) is 7.72. The largest absolute Gasteiger partial charge is 0.491 e. The molecule has 37 heavy (non-hydrogen) atoms. The first kappa shape index (κ1) is 25.8. The van der Waals surface area contributed by atoms with Crippen LogP contribution in [0.1, 0.15) is 58.1 Å². The number of fused-ring (bicyclic) bond motifs is 3. The molecule has 2 aromatic heterocycles. The van der Waals surface area contributed by atoms with Crippen molar-refractivity contribution in [2.75, 3.05) is 39.4 Å². The van der Waals surface area contributed by atoms with Crippen molar-refractivity contribution in [2.45, 2.75) is 65.7 Å². The van der Waals surface area contributed by atoms with Gasteiger partial charge in [-0.15, -0.1) is 0 Å². The molecule has 1 aromatic carbocycles. The van der Waals surface area contributed by atoms with Gasteiger partial charge in [0.25, 0.3) is 0 Å². The Morgan fingerprint density at radius 2 is 1.78 bits per heavy atom. The van der Waals surface area contributed by atoms with E-state index in [4.69, 9.17) is 9.72 Å². The van der Waals surface area contributed by atoms with Crippen LogP contribution >= 0.6 is 0 Å². The Hall–Kier alpha value is -2.82. The van der Waals surface area contributed by atoms with Crippen molar-refractivity contribution in [3.05, 3.63) is 35.5 Å². The fraction of sp³-hybridized carbons (Fsp3) is 0.593. The predicted octanol–water partition coefficient (Wildman–Crippen LogP) is 3.68. The molecule has 1 fully saturated rings. The monoisotopic (exact) mass is 511 g/mol. The standard InChI is InChI=1S/C27H38FN7O2/c1-17(2)35-26(29-19(4)31-35)23-15-33-11-12-37-24-14-22(28)20(13-21(24)25(33)30-23)18(3)32-7-9-34(10-8-32)27(5,6)16-36/h13-15,17-18,36H,7-12,16H2,1-6H3/t18-/m0/s1. The zero-order valence-corrected chi connectivity index (χ0v) is 22.7. The van der Waals surface area contributed by atoms with Crippen LogP contribution in [0.5, 0.6) is 5.75 Å². The second-order valence-electron chi connectivity index (χ2n) is 11.1. The smallest absolute Gasteiger partial charge is 0.178 e. The summed E-state index contributed by atoms with van der Waals surface area (Å²) in [5, 5.41) is 14.3. The van der Waals surface area contributed by atoms with Crippen LogP contribution in [-0.2, 0) is 6.54 Å². The zero-order valence-electron chi connectivity index (χ0n) is 22.7. The number of aliphatic hydroxyl groups is 1. The van der Waals surface area contributed by atoms with Gasteiger partial charge in [-0.2, -0.15) is 5.10 Å². The average molecular weight is 512 g/mol. The normalized spacial score (nSPS) is 17.9. The summed E-state index contributed by atoms with van der Waals surface area (Å²) in [5.41, 5.74) is 1.92. The molecule has 5 rings (SSSR count). The third-order valence-electron chi connectivity index (χ3n) is 7.72. The number of piperazine rings is 1. The van der Waals surface area contributed by atoms with Crippen LogP contribution < -0.4 is 4.74 Å². The number of rotatable bonds is 6. The summed E-state index contributed by atoms with van der Waals surface area (Å²) in [4.78, 5) is 14.2. The molecule has 9 nitrogen and oxygen atoms in total. The molecule has 200 valence electrons. The minimum absolute atomic E-state index is 0.109. The van der Waals surface area contributed by atoms with Gasteiger partial charge >= 0.3 is 0 Å². The highest BCUT2D eigenvalue weighted by molar-refractivity contribution is 5.69. The molecule has 0 spiro atoms. The second kappa shape index (κ2) is 9.81. The van der Waals surface area contributed by atoms with Crippen molar-refractivity contribution in [1.29, 1.82) is 0 Å². The van der Waals surface area contributed by atoms with Gasteiger partial charge in [0.1, 0.15) is 35.5 Å². The number of hydrogen-bond acceptors (Lipinski definition) is 7. The van der Waals surface area contributed by atoms with Crippen molar-refractivity contribution in [3.8, 4) is 28.7 Å². The zero-order chi connectivity index (χ0) is 26.5. The lowest BCUT2D eigenvalue weighted by Gasteiger charge is -2.44. The fourth-order valence-electron chi connectivity index (χ4n) is 5.33. The van der Waals surface area contributed by atoms with Crippen LogP contribution in [0.3, 0.4) is 0 Å². The molecule has 4 heterocycles. The van der Waals surface area contributed by atoms with E-state index in [1.807, 2.05) is 23.9 Å². The summed E-state index contributed by atoms with van der Waals surface area (Å²) in [7, 11) is 0. The van der Waals surface area contributed by atoms with Gasteiger partial charge in [0.05, 0.1) is 18.7 Å². The number of nitrogens with zero attached hydrogens (tertiary/aromatic N) is 7. The number of aliphatic hydroxyl groups excluding tert-OH is 1. The van der Waals surface area contributed by atoms with Crippen molar-refractivity contribution in [3.63, 3.8) is 0 Å². The Morgan fingerprint density at radius 3 is 2.46 bits per heavy atom. The summed E-state index contributed by atoms with van der Waals surface area (Å²) in [5.74, 6) is 2.44. The van der Waals surface area contributed by atoms with Crippen LogP contribution in [0.4, 0.5) is 4.39 Å². The molecule has 0 saturated carbocycles. The molecule has 2 aliphatic rings. The van der Waals surface area contributed by atoms with Crippen molar-refractivity contribution < 1.29 is 14.2 Å². The average Bonchev–Trinajstić information content (AvgIpc) is 3.43. The van der Waals surface area contributed by atoms with Crippen molar-refractivity contribution in [1.82, 2.24) is 34.1 Å². The highest BCUT2D eigenvalue weighted by Crippen LogP contribution is 2.38. The molecular weight excluding hydrogens is 473 g/mol. The van der Waals surface area contributed by atoms with E-state index in [1.54, 1.807) is 0 Å². The molecule has 1 saturated heterocycles. The second-order valence-corrected chi connectivity index (χ2v) is 11.1. The van der Waals surface area contributed by atoms with Gasteiger partial charge in [0.15, 0.2) is 5.82 Å². The summed E-state index contributed by atoms with van der Waals surface area (Å²) < 4.78 is 25.3. The topological polar surface area (TPSA) is 84.5 Å². The summed E-state index contributed by atoms with van der Waals surface area (Å²) >= 11 is 0. The quantitative estimate of drug-likeness (QED) is 0.541. The predicted molar refractivity (Wildman–Crippen MR) is 140 cm³/mol. The number of hydrogen-bond donors (Lipinski definition) is 1. The lowest BCUT2D eigenvalue weighted by Crippen LogP contribution is -2.56. The molecule has 0 radical (unpaired) electrons. The minimum atomic E-state index is -0.264. The number of halogens is 1. The molecule has 2 aliphatic heterocycles. The van der Waals surface area contributed by atoms with Gasteiger partial charge < -0.3 is 14.4 Å². The Bertz CT molecular complexity index is 1270. The van der Waals surface area contributed by atoms with Gasteiger partial charge in [-0.3, -0.25) is 9.80 Å². The molecule has 1 N–H and O–H groups in total. The van der Waals surface area contributed by atoms with Crippen LogP contribution in [0, 0.1) is 12.7 Å². The Morgan fingerprint density at radius 1 is 1.05 bits per heavy atom. The van der Waals surface area contributed by atoms with Gasteiger partial charge in [0.2, 0.25) is 0 Å². The lowest BCUT2D eigenvalue weighted by atomic mass is 9.99. The Kier molecular flexibility index (Phi) is 6.84. The van der Waals surface area contributed by atoms with Crippen molar-refractivity contribution in [2.24, 2.45) is 0 Å². The van der Waals surface area contributed by atoms with Gasteiger partial charge in [-0.25, -0.2) is 19.0 Å². The van der Waals surface area contributed by atoms with E-state index in [9.17, 15) is 5.11 Å². The number of imidazole rings is 1. The maximum Gasteiger partial charge on any atom is 0.178 e. The molecular formula is C27H38FN7O2. The van der Waals surface area contributed by atoms with E-state index in [1.165, 1.54) is 6.07 Å². The number of aryl methyl sites for hydroxylation is 1. The van der Waals surface area contributed by atoms with E-state index in [2.05, 4.69) is 59.1 Å². The van der Waals surface area contributed by atoms with E-state index < -0.39 is 0 Å². The van der Waals surface area contributed by atoms with E-state index >= 15 is 4.39 Å². The number of aromatic nitrogens is 5. The first-order valence-corrected chi connectivity index (χ1v) is 13.2. The molecule has 0 bridgehead atoms. The van der Waals surface area contributed by atoms with Crippen molar-refractivity contribution >= 4 is 0 Å². The van der Waals surface area contributed by atoms with Gasteiger partial charge in [-0.05, 0) is 47.6 Å². The summed E-state index contributed by atoms with van der Waals surface area (Å²) in [6, 6.07) is 3.46. The minimum Gasteiger partial charge on any atom is -0.491 e. The molecule has 0 aliphatic carbocycles. The third kappa shape index (κ3) is 4.78. The van der Waals surface area contributed by atoms with E-state index in [-0.39, 0.29) is 30.0 Å². The number of benzene rings is 1. The van der Waals surface area contributed by atoms with Gasteiger partial charge in [-0.1, -0.05) is 0 Å². The first-order valence-electron chi connectivity index (χ1n) is 13.2. The maximum atomic E-state index is 15.4. The lowest BCUT2D eigenvalue weighted by molar-refractivity contribution is 0.00662. The Labute approximate surface area is 217 Å². The summed E-state index contributed by atoms with van der Waals surface area (Å²) in [6.45, 7) is 16.6. The first-order chi connectivity index (χ1) is 17.6. The highest BCUT2D eigenvalue weighted by Gasteiger charge is 2.32. The molecule has 10 heteroatoms. The molecule has 3 aromatic rings. The summed E-state index contributed by atoms with van der Waals surface area (Å²) in [6.07, 6.45) is 1.99. The molecule has 0 unspecified atom stereocenters. The van der Waals surface area contributed by atoms with Crippen LogP contribution in [-0.4, -0.2) is 84.2 Å². The maximum absolute atomic E-state index is 15.4. The SMILES string of the molecule is Cc1nc(-c2cn3c(n2)-c2cc([C@H](C)N4CCN(C(C)(C)CO)CC4)c(F)cc2OCC3)n(C(C)C)n1. The van der Waals surface area contributed by atoms with Crippen LogP contribution in [0.25, 0.3) is 22.9 Å². The molecule has 1 atom stereocenters. The van der Waals surface area contributed by atoms with E-state index in [0.717, 1.165) is 49.1 Å². The molecule has 0 amide bonds. The highest BCUT2D eigenvalue weighted by atomic mass is 19.1. The van der Waals surface area contributed by atoms with E-state index in [0.29, 0.717) is 30.3 Å². The number of ether oxygens (including phenoxy) is 1. The van der Waals surface area contributed by atoms with Gasteiger partial charge in [0, 0.05) is 61.6 Å².